The number of rotatable bonds is 6. The normalized spacial score (nSPS) is 14.7. The predicted octanol–water partition coefficient (Wildman–Crippen LogP) is 3.87. The van der Waals surface area contributed by atoms with Crippen molar-refractivity contribution in [1.82, 2.24) is 14.9 Å². The zero-order chi connectivity index (χ0) is 26.6. The highest BCUT2D eigenvalue weighted by Gasteiger charge is 2.29. The highest BCUT2D eigenvalue weighted by atomic mass is 16.2. The second kappa shape index (κ2) is 11.0. The summed E-state index contributed by atoms with van der Waals surface area (Å²) in [6.07, 6.45) is 1.71. The Morgan fingerprint density at radius 1 is 0.919 bits per heavy atom. The van der Waals surface area contributed by atoms with E-state index in [1.54, 1.807) is 13.1 Å². The molecule has 9 nitrogen and oxygen atoms in total. The van der Waals surface area contributed by atoms with Crippen molar-refractivity contribution < 1.29 is 9.59 Å². The summed E-state index contributed by atoms with van der Waals surface area (Å²) >= 11 is 0. The monoisotopic (exact) mass is 501 g/mol. The second-order valence-corrected chi connectivity index (χ2v) is 10.3. The Kier molecular flexibility index (Phi) is 7.73. The van der Waals surface area contributed by atoms with Gasteiger partial charge in [0.2, 0.25) is 17.8 Å². The maximum absolute atomic E-state index is 12.5. The van der Waals surface area contributed by atoms with Crippen molar-refractivity contribution in [3.05, 3.63) is 60.8 Å². The van der Waals surface area contributed by atoms with Crippen molar-refractivity contribution in [1.29, 1.82) is 0 Å². The summed E-state index contributed by atoms with van der Waals surface area (Å²) in [5.41, 5.74) is 9.62. The molecule has 37 heavy (non-hydrogen) atoms. The van der Waals surface area contributed by atoms with Gasteiger partial charge in [0, 0.05) is 60.4 Å². The number of carbonyl (C=O) groups is 2. The van der Waals surface area contributed by atoms with E-state index in [0.29, 0.717) is 11.6 Å². The fraction of sp³-hybridized carbons (Fsp3) is 0.357. The Bertz CT molecular complexity index is 1230. The highest BCUT2D eigenvalue weighted by molar-refractivity contribution is 5.94. The Morgan fingerprint density at radius 2 is 1.54 bits per heavy atom. The molecule has 2 heterocycles. The molecule has 3 aromatic rings. The van der Waals surface area contributed by atoms with E-state index in [4.69, 9.17) is 5.73 Å². The van der Waals surface area contributed by atoms with Gasteiger partial charge < -0.3 is 26.2 Å². The molecule has 0 spiro atoms. The number of nitrogens with two attached hydrogens (primary N) is 1. The average Bonchev–Trinajstić information content (AvgIpc) is 2.89. The van der Waals surface area contributed by atoms with E-state index in [9.17, 15) is 9.59 Å². The molecule has 1 fully saturated rings. The molecule has 194 valence electrons. The van der Waals surface area contributed by atoms with Crippen LogP contribution in [0.1, 0.15) is 27.7 Å². The SMILES string of the molecule is C[C@@H](N)C(=O)Nc1ccc(-c2ccnc(Nc3ccc(N4CCN(C(=O)C(C)(C)C)CC4)cc3)n2)cc1. The van der Waals surface area contributed by atoms with Gasteiger partial charge in [-0.25, -0.2) is 9.97 Å². The van der Waals surface area contributed by atoms with Gasteiger partial charge >= 0.3 is 0 Å². The number of amides is 2. The Balaban J connectivity index is 1.36. The van der Waals surface area contributed by atoms with Gasteiger partial charge in [0.15, 0.2) is 0 Å². The van der Waals surface area contributed by atoms with Crippen LogP contribution in [0.25, 0.3) is 11.3 Å². The standard InChI is InChI=1S/C28H35N7O2/c1-19(29)25(36)31-21-7-5-20(6-8-21)24-13-14-30-27(33-24)32-22-9-11-23(12-10-22)34-15-17-35(18-16-34)26(37)28(2,3)4/h5-14,19H,15-18,29H2,1-4H3,(H,31,36)(H,30,32,33)/t19-/m1/s1. The molecule has 9 heteroatoms. The lowest BCUT2D eigenvalue weighted by Gasteiger charge is -2.38. The van der Waals surface area contributed by atoms with Crippen LogP contribution in [-0.4, -0.2) is 58.9 Å². The van der Waals surface area contributed by atoms with Gasteiger partial charge in [0.1, 0.15) is 0 Å². The quantitative estimate of drug-likeness (QED) is 0.469. The lowest BCUT2D eigenvalue weighted by atomic mass is 9.94. The van der Waals surface area contributed by atoms with E-state index in [0.717, 1.165) is 48.8 Å². The number of hydrogen-bond acceptors (Lipinski definition) is 7. The second-order valence-electron chi connectivity index (χ2n) is 10.3. The molecular weight excluding hydrogens is 466 g/mol. The van der Waals surface area contributed by atoms with Crippen LogP contribution in [0, 0.1) is 5.41 Å². The van der Waals surface area contributed by atoms with E-state index in [1.165, 1.54) is 0 Å². The number of nitrogens with zero attached hydrogens (tertiary/aromatic N) is 4. The maximum Gasteiger partial charge on any atom is 0.240 e. The molecule has 2 amide bonds. The van der Waals surface area contributed by atoms with Gasteiger partial charge in [0.25, 0.3) is 0 Å². The first kappa shape index (κ1) is 26.1. The van der Waals surface area contributed by atoms with Crippen LogP contribution in [-0.2, 0) is 9.59 Å². The zero-order valence-electron chi connectivity index (χ0n) is 21.9. The summed E-state index contributed by atoms with van der Waals surface area (Å²) in [6, 6.07) is 16.9. The summed E-state index contributed by atoms with van der Waals surface area (Å²) in [6.45, 7) is 10.6. The van der Waals surface area contributed by atoms with Crippen molar-refractivity contribution >= 4 is 34.8 Å². The van der Waals surface area contributed by atoms with Crippen LogP contribution in [0.2, 0.25) is 0 Å². The smallest absolute Gasteiger partial charge is 0.240 e. The van der Waals surface area contributed by atoms with E-state index in [-0.39, 0.29) is 17.2 Å². The molecule has 0 radical (unpaired) electrons. The van der Waals surface area contributed by atoms with Crippen LogP contribution in [0.15, 0.2) is 60.8 Å². The van der Waals surface area contributed by atoms with Gasteiger partial charge in [-0.15, -0.1) is 0 Å². The fourth-order valence-electron chi connectivity index (χ4n) is 4.09. The third-order valence-electron chi connectivity index (χ3n) is 6.21. The summed E-state index contributed by atoms with van der Waals surface area (Å²) in [5, 5.41) is 6.04. The lowest BCUT2D eigenvalue weighted by Crippen LogP contribution is -2.51. The molecule has 0 unspecified atom stereocenters. The molecule has 4 N–H and O–H groups in total. The molecule has 1 aromatic heterocycles. The molecule has 2 aromatic carbocycles. The van der Waals surface area contributed by atoms with Gasteiger partial charge in [-0.3, -0.25) is 9.59 Å². The van der Waals surface area contributed by atoms with E-state index < -0.39 is 6.04 Å². The number of carbonyl (C=O) groups excluding carboxylic acids is 2. The molecule has 4 rings (SSSR count). The largest absolute Gasteiger partial charge is 0.368 e. The molecule has 1 saturated heterocycles. The summed E-state index contributed by atoms with van der Waals surface area (Å²) < 4.78 is 0. The molecule has 0 aliphatic carbocycles. The first-order valence-corrected chi connectivity index (χ1v) is 12.5. The van der Waals surface area contributed by atoms with Crippen LogP contribution in [0.3, 0.4) is 0 Å². The molecule has 1 atom stereocenters. The van der Waals surface area contributed by atoms with E-state index in [1.807, 2.05) is 68.1 Å². The summed E-state index contributed by atoms with van der Waals surface area (Å²) in [5.74, 6) is 0.469. The molecule has 0 bridgehead atoms. The van der Waals surface area contributed by atoms with Gasteiger partial charge in [-0.1, -0.05) is 32.9 Å². The number of benzene rings is 2. The first-order chi connectivity index (χ1) is 17.6. The number of piperazine rings is 1. The minimum absolute atomic E-state index is 0.206. The van der Waals surface area contributed by atoms with Crippen LogP contribution in [0.4, 0.5) is 23.0 Å². The van der Waals surface area contributed by atoms with E-state index in [2.05, 4.69) is 37.6 Å². The Labute approximate surface area is 218 Å². The van der Waals surface area contributed by atoms with Crippen molar-refractivity contribution in [2.45, 2.75) is 33.7 Å². The van der Waals surface area contributed by atoms with Gasteiger partial charge in [-0.2, -0.15) is 0 Å². The van der Waals surface area contributed by atoms with Crippen LogP contribution < -0.4 is 21.3 Å². The number of anilines is 4. The van der Waals surface area contributed by atoms with Gasteiger partial charge in [0.05, 0.1) is 11.7 Å². The third-order valence-corrected chi connectivity index (χ3v) is 6.21. The molecule has 1 aliphatic heterocycles. The zero-order valence-corrected chi connectivity index (χ0v) is 21.9. The third kappa shape index (κ3) is 6.62. The fourth-order valence-corrected chi connectivity index (χ4v) is 4.09. The number of aromatic nitrogens is 2. The Hall–Kier alpha value is -3.98. The van der Waals surface area contributed by atoms with Crippen molar-refractivity contribution in [3.63, 3.8) is 0 Å². The van der Waals surface area contributed by atoms with Crippen LogP contribution in [0.5, 0.6) is 0 Å². The molecular formula is C28H35N7O2. The topological polar surface area (TPSA) is 116 Å². The minimum Gasteiger partial charge on any atom is -0.368 e. The molecule has 0 saturated carbocycles. The minimum atomic E-state index is -0.571. The first-order valence-electron chi connectivity index (χ1n) is 12.5. The highest BCUT2D eigenvalue weighted by Crippen LogP contribution is 2.25. The van der Waals surface area contributed by atoms with Crippen LogP contribution >= 0.6 is 0 Å². The maximum atomic E-state index is 12.5. The van der Waals surface area contributed by atoms with E-state index >= 15 is 0 Å². The average molecular weight is 502 g/mol. The Morgan fingerprint density at radius 3 is 2.14 bits per heavy atom. The lowest BCUT2D eigenvalue weighted by molar-refractivity contribution is -0.139. The summed E-state index contributed by atoms with van der Waals surface area (Å²) in [4.78, 5) is 37.6. The van der Waals surface area contributed by atoms with Crippen molar-refractivity contribution in [3.8, 4) is 11.3 Å². The predicted molar refractivity (Wildman–Crippen MR) is 148 cm³/mol. The van der Waals surface area contributed by atoms with Crippen molar-refractivity contribution in [2.24, 2.45) is 11.1 Å². The van der Waals surface area contributed by atoms with Crippen molar-refractivity contribution in [2.75, 3.05) is 41.7 Å². The number of nitrogens with one attached hydrogen (secondary N) is 2. The van der Waals surface area contributed by atoms with Gasteiger partial charge in [-0.05, 0) is 49.4 Å². The number of hydrogen-bond donors (Lipinski definition) is 3. The summed E-state index contributed by atoms with van der Waals surface area (Å²) in [7, 11) is 0. The molecule has 1 aliphatic rings.